The first-order valence-corrected chi connectivity index (χ1v) is 6.28. The number of para-hydroxylation sites is 1. The number of hydrogen-bond donors (Lipinski definition) is 0. The van der Waals surface area contributed by atoms with E-state index in [2.05, 4.69) is 9.97 Å². The molecule has 0 N–H and O–H groups in total. The maximum atomic E-state index is 11.9. The fourth-order valence-electron chi connectivity index (χ4n) is 1.97. The molecule has 0 radical (unpaired) electrons. The van der Waals surface area contributed by atoms with Gasteiger partial charge >= 0.3 is 0 Å². The standard InChI is InChI=1S/C15H16N2O2/c1-9(2)14-11-6-4-5-7-12(11)16-15(17-14)13(19)8-10(3)18/h4-7,9H,8H2,1-3H3. The molecule has 19 heavy (non-hydrogen) atoms. The second-order valence-corrected chi connectivity index (χ2v) is 4.91. The molecule has 2 aromatic rings. The maximum Gasteiger partial charge on any atom is 0.207 e. The predicted molar refractivity (Wildman–Crippen MR) is 73.3 cm³/mol. The van der Waals surface area contributed by atoms with Gasteiger partial charge in [-0.3, -0.25) is 9.59 Å². The largest absolute Gasteiger partial charge is 0.300 e. The molecule has 2 rings (SSSR count). The van der Waals surface area contributed by atoms with E-state index < -0.39 is 0 Å². The highest BCUT2D eigenvalue weighted by Crippen LogP contribution is 2.22. The number of carbonyl (C=O) groups excluding carboxylic acids is 2. The molecule has 1 heterocycles. The van der Waals surface area contributed by atoms with E-state index in [1.165, 1.54) is 6.92 Å². The van der Waals surface area contributed by atoms with E-state index in [1.54, 1.807) is 0 Å². The van der Waals surface area contributed by atoms with Crippen LogP contribution in [0.1, 0.15) is 49.4 Å². The fourth-order valence-corrected chi connectivity index (χ4v) is 1.97. The Bertz CT molecular complexity index is 648. The number of Topliss-reactive ketones (excluding diaryl/α,β-unsaturated/α-hetero) is 2. The molecule has 0 unspecified atom stereocenters. The highest BCUT2D eigenvalue weighted by molar-refractivity contribution is 6.06. The average molecular weight is 256 g/mol. The van der Waals surface area contributed by atoms with Crippen molar-refractivity contribution in [1.82, 2.24) is 9.97 Å². The van der Waals surface area contributed by atoms with Gasteiger partial charge in [-0.15, -0.1) is 0 Å². The van der Waals surface area contributed by atoms with Crippen LogP contribution in [0, 0.1) is 0 Å². The topological polar surface area (TPSA) is 59.9 Å². The van der Waals surface area contributed by atoms with Gasteiger partial charge in [-0.05, 0) is 18.9 Å². The van der Waals surface area contributed by atoms with Crippen LogP contribution in [0.2, 0.25) is 0 Å². The summed E-state index contributed by atoms with van der Waals surface area (Å²) in [5.41, 5.74) is 1.59. The van der Waals surface area contributed by atoms with Crippen LogP contribution in [0.3, 0.4) is 0 Å². The lowest BCUT2D eigenvalue weighted by Crippen LogP contribution is -2.12. The lowest BCUT2D eigenvalue weighted by molar-refractivity contribution is -0.116. The van der Waals surface area contributed by atoms with Crippen molar-refractivity contribution < 1.29 is 9.59 Å². The quantitative estimate of drug-likeness (QED) is 0.623. The van der Waals surface area contributed by atoms with Crippen LogP contribution >= 0.6 is 0 Å². The van der Waals surface area contributed by atoms with E-state index in [-0.39, 0.29) is 29.7 Å². The van der Waals surface area contributed by atoms with Gasteiger partial charge in [0.1, 0.15) is 5.78 Å². The SMILES string of the molecule is CC(=O)CC(=O)c1nc(C(C)C)c2ccccc2n1. The van der Waals surface area contributed by atoms with E-state index >= 15 is 0 Å². The van der Waals surface area contributed by atoms with Gasteiger partial charge in [0.15, 0.2) is 5.82 Å². The van der Waals surface area contributed by atoms with E-state index in [0.717, 1.165) is 16.6 Å². The van der Waals surface area contributed by atoms with Gasteiger partial charge in [0.25, 0.3) is 0 Å². The summed E-state index contributed by atoms with van der Waals surface area (Å²) in [7, 11) is 0. The van der Waals surface area contributed by atoms with Crippen LogP contribution in [0.5, 0.6) is 0 Å². The minimum atomic E-state index is -0.319. The highest BCUT2D eigenvalue weighted by atomic mass is 16.1. The molecule has 0 saturated carbocycles. The van der Waals surface area contributed by atoms with Gasteiger partial charge in [-0.25, -0.2) is 9.97 Å². The van der Waals surface area contributed by atoms with Crippen LogP contribution in [0.25, 0.3) is 10.9 Å². The number of rotatable bonds is 4. The molecule has 1 aromatic heterocycles. The molecule has 0 aliphatic rings. The summed E-state index contributed by atoms with van der Waals surface area (Å²) in [4.78, 5) is 31.6. The smallest absolute Gasteiger partial charge is 0.207 e. The zero-order valence-electron chi connectivity index (χ0n) is 11.3. The Morgan fingerprint density at radius 2 is 1.84 bits per heavy atom. The molecule has 0 amide bonds. The molecule has 98 valence electrons. The second kappa shape index (κ2) is 5.26. The normalized spacial score (nSPS) is 10.9. The number of benzene rings is 1. The lowest BCUT2D eigenvalue weighted by Gasteiger charge is -2.10. The molecule has 0 fully saturated rings. The Balaban J connectivity index is 2.58. The third-order valence-electron chi connectivity index (χ3n) is 2.84. The van der Waals surface area contributed by atoms with Crippen molar-refractivity contribution in [2.24, 2.45) is 0 Å². The fraction of sp³-hybridized carbons (Fsp3) is 0.333. The summed E-state index contributed by atoms with van der Waals surface area (Å²) in [5, 5.41) is 0.955. The third kappa shape index (κ3) is 2.84. The van der Waals surface area contributed by atoms with Crippen LogP contribution in [-0.4, -0.2) is 21.5 Å². The van der Waals surface area contributed by atoms with Gasteiger partial charge < -0.3 is 0 Å². The summed E-state index contributed by atoms with van der Waals surface area (Å²) >= 11 is 0. The van der Waals surface area contributed by atoms with Gasteiger partial charge in [0.2, 0.25) is 5.78 Å². The zero-order chi connectivity index (χ0) is 14.0. The number of aromatic nitrogens is 2. The van der Waals surface area contributed by atoms with Gasteiger partial charge in [-0.2, -0.15) is 0 Å². The van der Waals surface area contributed by atoms with Crippen molar-refractivity contribution in [3.8, 4) is 0 Å². The Labute approximate surface area is 111 Å². The van der Waals surface area contributed by atoms with Crippen molar-refractivity contribution in [2.75, 3.05) is 0 Å². The van der Waals surface area contributed by atoms with Crippen LogP contribution in [0.4, 0.5) is 0 Å². The molecule has 4 heteroatoms. The highest BCUT2D eigenvalue weighted by Gasteiger charge is 2.16. The molecule has 4 nitrogen and oxygen atoms in total. The molecular formula is C15H16N2O2. The predicted octanol–water partition coefficient (Wildman–Crippen LogP) is 2.92. The number of carbonyl (C=O) groups is 2. The summed E-state index contributed by atoms with van der Waals surface area (Å²) in [6.07, 6.45) is -0.143. The number of hydrogen-bond acceptors (Lipinski definition) is 4. The monoisotopic (exact) mass is 256 g/mol. The van der Waals surface area contributed by atoms with E-state index in [0.29, 0.717) is 0 Å². The first-order valence-electron chi connectivity index (χ1n) is 6.28. The molecule has 0 saturated heterocycles. The summed E-state index contributed by atoms with van der Waals surface area (Å²) in [6, 6.07) is 7.60. The molecule has 0 aliphatic carbocycles. The van der Waals surface area contributed by atoms with Crippen LogP contribution < -0.4 is 0 Å². The average Bonchev–Trinajstić information content (AvgIpc) is 2.36. The maximum absolute atomic E-state index is 11.9. The van der Waals surface area contributed by atoms with E-state index in [9.17, 15) is 9.59 Å². The molecular weight excluding hydrogens is 240 g/mol. The van der Waals surface area contributed by atoms with Gasteiger partial charge in [0.05, 0.1) is 17.6 Å². The Morgan fingerprint density at radius 1 is 1.16 bits per heavy atom. The molecule has 0 bridgehead atoms. The third-order valence-corrected chi connectivity index (χ3v) is 2.84. The molecule has 0 aliphatic heterocycles. The molecule has 0 atom stereocenters. The van der Waals surface area contributed by atoms with Gasteiger partial charge in [0, 0.05) is 5.39 Å². The first kappa shape index (κ1) is 13.3. The minimum Gasteiger partial charge on any atom is -0.300 e. The number of ketones is 2. The summed E-state index contributed by atoms with van der Waals surface area (Å²) in [5.74, 6) is -0.164. The Kier molecular flexibility index (Phi) is 3.69. The van der Waals surface area contributed by atoms with Crippen molar-refractivity contribution >= 4 is 22.5 Å². The number of nitrogens with zero attached hydrogens (tertiary/aromatic N) is 2. The van der Waals surface area contributed by atoms with Crippen molar-refractivity contribution in [2.45, 2.75) is 33.1 Å². The second-order valence-electron chi connectivity index (χ2n) is 4.91. The molecule has 0 spiro atoms. The Morgan fingerprint density at radius 3 is 2.47 bits per heavy atom. The van der Waals surface area contributed by atoms with Crippen molar-refractivity contribution in [3.63, 3.8) is 0 Å². The minimum absolute atomic E-state index is 0.137. The zero-order valence-corrected chi connectivity index (χ0v) is 11.3. The summed E-state index contributed by atoms with van der Waals surface area (Å²) < 4.78 is 0. The van der Waals surface area contributed by atoms with Crippen molar-refractivity contribution in [3.05, 3.63) is 35.8 Å². The van der Waals surface area contributed by atoms with Crippen LogP contribution in [-0.2, 0) is 4.79 Å². The van der Waals surface area contributed by atoms with Crippen molar-refractivity contribution in [1.29, 1.82) is 0 Å². The van der Waals surface area contributed by atoms with Gasteiger partial charge in [-0.1, -0.05) is 32.0 Å². The summed E-state index contributed by atoms with van der Waals surface area (Å²) in [6.45, 7) is 5.43. The van der Waals surface area contributed by atoms with E-state index in [4.69, 9.17) is 0 Å². The number of fused-ring (bicyclic) bond motifs is 1. The first-order chi connectivity index (χ1) is 8.99. The Hall–Kier alpha value is -2.10. The van der Waals surface area contributed by atoms with Crippen LogP contribution in [0.15, 0.2) is 24.3 Å². The van der Waals surface area contributed by atoms with E-state index in [1.807, 2.05) is 38.1 Å². The molecule has 1 aromatic carbocycles. The lowest BCUT2D eigenvalue weighted by atomic mass is 10.0.